The first kappa shape index (κ1) is 18.9. The smallest absolute Gasteiger partial charge is 0.310 e. The predicted octanol–water partition coefficient (Wildman–Crippen LogP) is 2.05. The van der Waals surface area contributed by atoms with E-state index in [1.807, 2.05) is 0 Å². The second-order valence-corrected chi connectivity index (χ2v) is 8.08. The van der Waals surface area contributed by atoms with Crippen molar-refractivity contribution < 1.29 is 14.2 Å². The van der Waals surface area contributed by atoms with Crippen molar-refractivity contribution in [3.63, 3.8) is 0 Å². The molecule has 1 fully saturated rings. The van der Waals surface area contributed by atoms with E-state index in [4.69, 9.17) is 9.39 Å². The van der Waals surface area contributed by atoms with Crippen LogP contribution in [0.25, 0.3) is 0 Å². The molecule has 1 saturated heterocycles. The lowest BCUT2D eigenvalue weighted by Gasteiger charge is -2.38. The summed E-state index contributed by atoms with van der Waals surface area (Å²) in [5.41, 5.74) is -0.250. The number of methoxy groups -OCH3 is 1. The van der Waals surface area contributed by atoms with Gasteiger partial charge in [0.1, 0.15) is 0 Å². The van der Waals surface area contributed by atoms with Gasteiger partial charge in [-0.3, -0.25) is 4.79 Å². The monoisotopic (exact) mass is 315 g/mol. The molecule has 0 radical (unpaired) electrons. The molecule has 0 aromatic heterocycles. The highest BCUT2D eigenvalue weighted by Gasteiger charge is 2.35. The van der Waals surface area contributed by atoms with Crippen LogP contribution in [-0.2, 0) is 14.2 Å². The Morgan fingerprint density at radius 1 is 1.33 bits per heavy atom. The lowest BCUT2D eigenvalue weighted by atomic mass is 9.83. The Bertz CT molecular complexity index is 344. The zero-order chi connectivity index (χ0) is 16.1. The van der Waals surface area contributed by atoms with Gasteiger partial charge in [0.05, 0.1) is 18.6 Å². The van der Waals surface area contributed by atoms with E-state index in [1.54, 1.807) is 0 Å². The fourth-order valence-electron chi connectivity index (χ4n) is 2.48. The number of thiol groups is 1. The van der Waals surface area contributed by atoms with E-state index >= 15 is 0 Å². The molecule has 0 amide bonds. The molecule has 1 aliphatic rings. The van der Waals surface area contributed by atoms with Crippen molar-refractivity contribution in [1.29, 1.82) is 0 Å². The van der Waals surface area contributed by atoms with E-state index in [-0.39, 0.29) is 22.2 Å². The van der Waals surface area contributed by atoms with E-state index in [2.05, 4.69) is 45.6 Å². The van der Waals surface area contributed by atoms with Crippen LogP contribution in [0, 0.1) is 11.8 Å². The van der Waals surface area contributed by atoms with Crippen molar-refractivity contribution >= 4 is 26.1 Å². The minimum Gasteiger partial charge on any atom is -0.469 e. The zero-order valence-electron chi connectivity index (χ0n) is 14.1. The summed E-state index contributed by atoms with van der Waals surface area (Å²) in [5.74, 6) is 0.328. The summed E-state index contributed by atoms with van der Waals surface area (Å²) >= 11 is 4.59. The van der Waals surface area contributed by atoms with Gasteiger partial charge >= 0.3 is 5.97 Å². The Hall–Kier alpha value is -0.195. The first-order valence-corrected chi connectivity index (χ1v) is 8.28. The number of esters is 1. The molecule has 1 rings (SSSR count). The van der Waals surface area contributed by atoms with E-state index < -0.39 is 0 Å². The molecule has 1 aliphatic heterocycles. The van der Waals surface area contributed by atoms with Crippen molar-refractivity contribution in [2.75, 3.05) is 20.2 Å². The van der Waals surface area contributed by atoms with Gasteiger partial charge in [0.15, 0.2) is 0 Å². The molecule has 0 spiro atoms. The first-order chi connectivity index (χ1) is 9.69. The maximum atomic E-state index is 11.7. The second kappa shape index (κ2) is 7.88. The van der Waals surface area contributed by atoms with Crippen LogP contribution in [0.4, 0.5) is 0 Å². The standard InChI is InChI=1S/C15H30BNO3S/c1-14(2,15(3,4)21)20-16-8-6-7-11-9-17-10-12(11)13(18)19-5/h11-12,16-17,21H,6-10H2,1-5H3. The zero-order valence-corrected chi connectivity index (χ0v) is 15.0. The largest absolute Gasteiger partial charge is 0.469 e. The van der Waals surface area contributed by atoms with Crippen LogP contribution in [0.3, 0.4) is 0 Å². The third kappa shape index (κ3) is 5.49. The highest BCUT2D eigenvalue weighted by Crippen LogP contribution is 2.31. The summed E-state index contributed by atoms with van der Waals surface area (Å²) in [6.07, 6.45) is 3.13. The summed E-state index contributed by atoms with van der Waals surface area (Å²) < 4.78 is 10.7. The third-order valence-corrected chi connectivity index (χ3v) is 5.29. The van der Waals surface area contributed by atoms with Gasteiger partial charge in [-0.05, 0) is 46.6 Å². The summed E-state index contributed by atoms with van der Waals surface area (Å²) in [6.45, 7) is 9.95. The van der Waals surface area contributed by atoms with Crippen LogP contribution in [0.15, 0.2) is 0 Å². The Morgan fingerprint density at radius 2 is 2.00 bits per heavy atom. The summed E-state index contributed by atoms with van der Waals surface area (Å²) in [7, 11) is 2.20. The van der Waals surface area contributed by atoms with Crippen LogP contribution in [-0.4, -0.2) is 44.0 Å². The number of carbonyl (C=O) groups excluding carboxylic acids is 1. The van der Waals surface area contributed by atoms with Crippen molar-refractivity contribution in [3.8, 4) is 0 Å². The third-order valence-electron chi connectivity index (χ3n) is 4.75. The van der Waals surface area contributed by atoms with Gasteiger partial charge in [0.25, 0.3) is 7.48 Å². The molecule has 1 heterocycles. The first-order valence-electron chi connectivity index (χ1n) is 7.84. The number of rotatable bonds is 8. The molecule has 1 N–H and O–H groups in total. The highest BCUT2D eigenvalue weighted by atomic mass is 32.1. The number of hydrogen-bond acceptors (Lipinski definition) is 5. The molecule has 122 valence electrons. The summed E-state index contributed by atoms with van der Waals surface area (Å²) in [6, 6.07) is 0. The van der Waals surface area contributed by atoms with Crippen LogP contribution < -0.4 is 5.32 Å². The van der Waals surface area contributed by atoms with Crippen molar-refractivity contribution in [2.45, 2.75) is 57.2 Å². The molecular formula is C15H30BNO3S. The van der Waals surface area contributed by atoms with Crippen molar-refractivity contribution in [3.05, 3.63) is 0 Å². The Labute approximate surface area is 135 Å². The van der Waals surface area contributed by atoms with E-state index in [9.17, 15) is 4.79 Å². The number of hydrogen-bond donors (Lipinski definition) is 2. The average Bonchev–Trinajstić information content (AvgIpc) is 2.84. The Balaban J connectivity index is 2.24. The molecule has 2 unspecified atom stereocenters. The van der Waals surface area contributed by atoms with E-state index in [0.717, 1.165) is 39.7 Å². The minimum absolute atomic E-state index is 0.0173. The Morgan fingerprint density at radius 3 is 2.57 bits per heavy atom. The van der Waals surface area contributed by atoms with Crippen LogP contribution >= 0.6 is 12.6 Å². The molecule has 0 aromatic rings. The highest BCUT2D eigenvalue weighted by molar-refractivity contribution is 7.81. The molecule has 4 nitrogen and oxygen atoms in total. The summed E-state index contributed by atoms with van der Waals surface area (Å²) in [4.78, 5) is 11.7. The molecule has 21 heavy (non-hydrogen) atoms. The van der Waals surface area contributed by atoms with Gasteiger partial charge < -0.3 is 14.7 Å². The molecule has 0 aliphatic carbocycles. The lowest BCUT2D eigenvalue weighted by Crippen LogP contribution is -2.44. The fourth-order valence-corrected chi connectivity index (χ4v) is 2.54. The molecule has 0 bridgehead atoms. The SMILES string of the molecule is COC(=O)C1CNCC1CCCBOC(C)(C)C(C)(C)S. The molecule has 6 heteroatoms. The van der Waals surface area contributed by atoms with E-state index in [0.29, 0.717) is 5.92 Å². The van der Waals surface area contributed by atoms with Gasteiger partial charge in [-0.15, -0.1) is 0 Å². The van der Waals surface area contributed by atoms with Gasteiger partial charge in [-0.1, -0.05) is 12.7 Å². The predicted molar refractivity (Wildman–Crippen MR) is 91.3 cm³/mol. The number of carbonyl (C=O) groups is 1. The number of nitrogens with one attached hydrogen (secondary N) is 1. The fraction of sp³-hybridized carbons (Fsp3) is 0.933. The Kier molecular flexibility index (Phi) is 7.08. The van der Waals surface area contributed by atoms with E-state index in [1.165, 1.54) is 7.11 Å². The second-order valence-electron chi connectivity index (χ2n) is 6.96. The van der Waals surface area contributed by atoms with Gasteiger partial charge in [0, 0.05) is 11.3 Å². The molecule has 0 aromatic carbocycles. The van der Waals surface area contributed by atoms with Crippen molar-refractivity contribution in [2.24, 2.45) is 11.8 Å². The van der Waals surface area contributed by atoms with Gasteiger partial charge in [-0.25, -0.2) is 0 Å². The van der Waals surface area contributed by atoms with Gasteiger partial charge in [0.2, 0.25) is 0 Å². The molecular weight excluding hydrogens is 285 g/mol. The van der Waals surface area contributed by atoms with Crippen molar-refractivity contribution in [1.82, 2.24) is 5.32 Å². The van der Waals surface area contributed by atoms with Crippen LogP contribution in [0.2, 0.25) is 6.32 Å². The average molecular weight is 315 g/mol. The van der Waals surface area contributed by atoms with Crippen LogP contribution in [0.1, 0.15) is 40.5 Å². The minimum atomic E-state index is -0.250. The maximum absolute atomic E-state index is 11.7. The van der Waals surface area contributed by atoms with Gasteiger partial charge in [-0.2, -0.15) is 12.6 Å². The normalized spacial score (nSPS) is 23.1. The quantitative estimate of drug-likeness (QED) is 0.311. The maximum Gasteiger partial charge on any atom is 0.310 e. The number of ether oxygens (including phenoxy) is 1. The van der Waals surface area contributed by atoms with Crippen LogP contribution in [0.5, 0.6) is 0 Å². The lowest BCUT2D eigenvalue weighted by molar-refractivity contribution is -0.146. The molecule has 2 atom stereocenters. The summed E-state index contributed by atoms with van der Waals surface area (Å²) in [5, 5.41) is 3.28. The topological polar surface area (TPSA) is 47.6 Å². The molecule has 0 saturated carbocycles.